The lowest BCUT2D eigenvalue weighted by molar-refractivity contribution is -0.138. The highest BCUT2D eigenvalue weighted by Gasteiger charge is 2.31. The average Bonchev–Trinajstić information content (AvgIpc) is 1.82. The highest BCUT2D eigenvalue weighted by Crippen LogP contribution is 2.31. The summed E-state index contributed by atoms with van der Waals surface area (Å²) in [6, 6.07) is 0. The van der Waals surface area contributed by atoms with Crippen molar-refractivity contribution in [1.82, 2.24) is 0 Å². The first-order valence-electron chi connectivity index (χ1n) is 4.77. The van der Waals surface area contributed by atoms with Gasteiger partial charge in [0.05, 0.1) is 17.8 Å². The average molecular weight is 172 g/mol. The Morgan fingerprint density at radius 2 is 1.92 bits per heavy atom. The molecule has 2 heteroatoms. The highest BCUT2D eigenvalue weighted by molar-refractivity contribution is 4.81. The predicted molar refractivity (Wildman–Crippen MR) is 49.0 cm³/mol. The molecule has 72 valence electrons. The van der Waals surface area contributed by atoms with Gasteiger partial charge < -0.3 is 9.84 Å². The molecule has 0 saturated heterocycles. The van der Waals surface area contributed by atoms with E-state index in [0.717, 1.165) is 18.8 Å². The lowest BCUT2D eigenvalue weighted by atomic mass is 9.83. The van der Waals surface area contributed by atoms with Crippen LogP contribution in [0.15, 0.2) is 0 Å². The Morgan fingerprint density at radius 1 is 1.42 bits per heavy atom. The Balaban J connectivity index is 2.23. The number of hydrogen-bond acceptors (Lipinski definition) is 2. The van der Waals surface area contributed by atoms with Crippen LogP contribution in [0.3, 0.4) is 0 Å². The van der Waals surface area contributed by atoms with Crippen molar-refractivity contribution in [3.05, 3.63) is 0 Å². The molecule has 1 unspecified atom stereocenters. The van der Waals surface area contributed by atoms with Crippen LogP contribution in [0.2, 0.25) is 0 Å². The minimum atomic E-state index is -0.709. The fraction of sp³-hybridized carbons (Fsp3) is 1.00. The number of ether oxygens (including phenoxy) is 1. The van der Waals surface area contributed by atoms with E-state index in [1.54, 1.807) is 13.8 Å². The molecule has 0 aliphatic heterocycles. The number of aliphatic hydroxyl groups is 1. The fourth-order valence-electron chi connectivity index (χ4n) is 1.39. The molecule has 1 N–H and O–H groups in total. The van der Waals surface area contributed by atoms with Crippen molar-refractivity contribution < 1.29 is 9.84 Å². The third-order valence-electron chi connectivity index (χ3n) is 2.72. The van der Waals surface area contributed by atoms with Gasteiger partial charge in [-0.15, -0.1) is 0 Å². The van der Waals surface area contributed by atoms with Gasteiger partial charge in [-0.25, -0.2) is 0 Å². The molecular weight excluding hydrogens is 152 g/mol. The van der Waals surface area contributed by atoms with Gasteiger partial charge >= 0.3 is 0 Å². The van der Waals surface area contributed by atoms with Crippen LogP contribution in [0, 0.1) is 5.92 Å². The molecule has 2 nitrogen and oxygen atoms in total. The topological polar surface area (TPSA) is 29.5 Å². The van der Waals surface area contributed by atoms with Crippen molar-refractivity contribution in [3.63, 3.8) is 0 Å². The van der Waals surface area contributed by atoms with Crippen molar-refractivity contribution in [3.8, 4) is 0 Å². The molecule has 1 aliphatic carbocycles. The Bertz CT molecular complexity index is 142. The van der Waals surface area contributed by atoms with Gasteiger partial charge in [-0.2, -0.15) is 0 Å². The third kappa shape index (κ3) is 2.46. The predicted octanol–water partition coefficient (Wildman–Crippen LogP) is 1.96. The zero-order valence-corrected chi connectivity index (χ0v) is 8.50. The van der Waals surface area contributed by atoms with E-state index in [1.807, 2.05) is 6.92 Å². The molecule has 0 bridgehead atoms. The van der Waals surface area contributed by atoms with Crippen LogP contribution < -0.4 is 0 Å². The summed E-state index contributed by atoms with van der Waals surface area (Å²) in [5, 5.41) is 9.60. The first kappa shape index (κ1) is 10.0. The second-order valence-electron chi connectivity index (χ2n) is 4.63. The van der Waals surface area contributed by atoms with E-state index in [-0.39, 0.29) is 6.10 Å². The summed E-state index contributed by atoms with van der Waals surface area (Å²) in [6.07, 6.45) is 2.64. The SMILES string of the molecule is CC1CC(OC(C)C(C)(C)O)C1. The molecule has 12 heavy (non-hydrogen) atoms. The van der Waals surface area contributed by atoms with Gasteiger partial charge in [0.1, 0.15) is 0 Å². The van der Waals surface area contributed by atoms with Crippen molar-refractivity contribution in [2.24, 2.45) is 5.92 Å². The molecule has 0 aromatic carbocycles. The van der Waals surface area contributed by atoms with Crippen molar-refractivity contribution in [2.45, 2.75) is 58.3 Å². The molecule has 0 aromatic heterocycles. The van der Waals surface area contributed by atoms with E-state index in [9.17, 15) is 5.11 Å². The normalized spacial score (nSPS) is 32.8. The van der Waals surface area contributed by atoms with Crippen LogP contribution in [0.1, 0.15) is 40.5 Å². The summed E-state index contributed by atoms with van der Waals surface area (Å²) in [6.45, 7) is 7.75. The van der Waals surface area contributed by atoms with E-state index in [0.29, 0.717) is 6.10 Å². The summed E-state index contributed by atoms with van der Waals surface area (Å²) in [5.41, 5.74) is -0.709. The lowest BCUT2D eigenvalue weighted by Gasteiger charge is -2.37. The largest absolute Gasteiger partial charge is 0.388 e. The molecule has 1 aliphatic rings. The van der Waals surface area contributed by atoms with Gasteiger partial charge in [0.25, 0.3) is 0 Å². The maximum absolute atomic E-state index is 9.60. The van der Waals surface area contributed by atoms with Crippen LogP contribution in [-0.4, -0.2) is 22.9 Å². The zero-order chi connectivity index (χ0) is 9.35. The van der Waals surface area contributed by atoms with E-state index < -0.39 is 5.60 Å². The van der Waals surface area contributed by atoms with Crippen LogP contribution in [0.4, 0.5) is 0 Å². The smallest absolute Gasteiger partial charge is 0.0849 e. The van der Waals surface area contributed by atoms with Gasteiger partial charge in [0, 0.05) is 0 Å². The van der Waals surface area contributed by atoms with Crippen LogP contribution >= 0.6 is 0 Å². The summed E-state index contributed by atoms with van der Waals surface area (Å²) in [7, 11) is 0. The second kappa shape index (κ2) is 3.35. The summed E-state index contributed by atoms with van der Waals surface area (Å²) in [4.78, 5) is 0. The quantitative estimate of drug-likeness (QED) is 0.705. The maximum atomic E-state index is 9.60. The van der Waals surface area contributed by atoms with E-state index in [2.05, 4.69) is 6.92 Å². The summed E-state index contributed by atoms with van der Waals surface area (Å²) in [5.74, 6) is 0.809. The monoisotopic (exact) mass is 172 g/mol. The Morgan fingerprint density at radius 3 is 2.25 bits per heavy atom. The Labute approximate surface area is 74.9 Å². The lowest BCUT2D eigenvalue weighted by Crippen LogP contribution is -2.41. The van der Waals surface area contributed by atoms with Crippen LogP contribution in [0.25, 0.3) is 0 Å². The van der Waals surface area contributed by atoms with Gasteiger partial charge in [-0.1, -0.05) is 6.92 Å². The molecule has 0 spiro atoms. The first-order chi connectivity index (χ1) is 5.39. The highest BCUT2D eigenvalue weighted by atomic mass is 16.5. The number of hydrogen-bond donors (Lipinski definition) is 1. The second-order valence-corrected chi connectivity index (χ2v) is 4.63. The molecule has 1 atom stereocenters. The van der Waals surface area contributed by atoms with Crippen molar-refractivity contribution in [2.75, 3.05) is 0 Å². The zero-order valence-electron chi connectivity index (χ0n) is 8.50. The van der Waals surface area contributed by atoms with Gasteiger partial charge in [-0.05, 0) is 39.5 Å². The molecule has 1 fully saturated rings. The molecule has 0 radical (unpaired) electrons. The number of rotatable bonds is 3. The molecule has 1 rings (SSSR count). The maximum Gasteiger partial charge on any atom is 0.0849 e. The summed E-state index contributed by atoms with van der Waals surface area (Å²) >= 11 is 0. The molecule has 0 aromatic rings. The van der Waals surface area contributed by atoms with Crippen LogP contribution in [-0.2, 0) is 4.74 Å². The molecule has 0 heterocycles. The van der Waals surface area contributed by atoms with E-state index >= 15 is 0 Å². The van der Waals surface area contributed by atoms with Crippen molar-refractivity contribution >= 4 is 0 Å². The van der Waals surface area contributed by atoms with Gasteiger partial charge in [-0.3, -0.25) is 0 Å². The Kier molecular flexibility index (Phi) is 2.79. The first-order valence-corrected chi connectivity index (χ1v) is 4.77. The van der Waals surface area contributed by atoms with Crippen LogP contribution in [0.5, 0.6) is 0 Å². The third-order valence-corrected chi connectivity index (χ3v) is 2.72. The molecule has 0 amide bonds. The molecular formula is C10H20O2. The standard InChI is InChI=1S/C10H20O2/c1-7-5-9(6-7)12-8(2)10(3,4)11/h7-9,11H,5-6H2,1-4H3. The minimum absolute atomic E-state index is 0.0602. The van der Waals surface area contributed by atoms with E-state index in [4.69, 9.17) is 4.74 Å². The molecule has 1 saturated carbocycles. The van der Waals surface area contributed by atoms with Gasteiger partial charge in [0.2, 0.25) is 0 Å². The van der Waals surface area contributed by atoms with Gasteiger partial charge in [0.15, 0.2) is 0 Å². The van der Waals surface area contributed by atoms with E-state index in [1.165, 1.54) is 0 Å². The van der Waals surface area contributed by atoms with Crippen molar-refractivity contribution in [1.29, 1.82) is 0 Å². The fourth-order valence-corrected chi connectivity index (χ4v) is 1.39. The minimum Gasteiger partial charge on any atom is -0.388 e. The Hall–Kier alpha value is -0.0800. The summed E-state index contributed by atoms with van der Waals surface area (Å²) < 4.78 is 5.67.